The van der Waals surface area contributed by atoms with Crippen LogP contribution in [0.5, 0.6) is 0 Å². The molecule has 0 saturated carbocycles. The van der Waals surface area contributed by atoms with E-state index in [4.69, 9.17) is 0 Å². The normalized spacial score (nSPS) is 11.1. The van der Waals surface area contributed by atoms with Gasteiger partial charge < -0.3 is 10.6 Å². The van der Waals surface area contributed by atoms with Gasteiger partial charge in [0.2, 0.25) is 11.8 Å². The molecule has 0 fully saturated rings. The summed E-state index contributed by atoms with van der Waals surface area (Å²) >= 11 is 0. The van der Waals surface area contributed by atoms with E-state index in [-0.39, 0.29) is 16.6 Å². The highest BCUT2D eigenvalue weighted by molar-refractivity contribution is 8.77. The molecule has 0 aliphatic carbocycles. The summed E-state index contributed by atoms with van der Waals surface area (Å²) in [6.45, 7) is 6.67. The third-order valence-corrected chi connectivity index (χ3v) is 5.23. The van der Waals surface area contributed by atoms with Gasteiger partial charge in [-0.15, -0.1) is 0 Å². The first-order valence-corrected chi connectivity index (χ1v) is 8.01. The summed E-state index contributed by atoms with van der Waals surface area (Å²) in [5.41, 5.74) is 0. The lowest BCUT2D eigenvalue weighted by Gasteiger charge is -2.22. The molecule has 0 aliphatic rings. The maximum Gasteiger partial charge on any atom is 0.221 e. The molecule has 0 saturated heterocycles. The highest BCUT2D eigenvalue weighted by Crippen LogP contribution is 2.38. The van der Waals surface area contributed by atoms with Gasteiger partial charge in [-0.2, -0.15) is 0 Å². The van der Waals surface area contributed by atoms with Crippen molar-refractivity contribution in [1.82, 2.24) is 10.6 Å². The van der Waals surface area contributed by atoms with E-state index < -0.39 is 0 Å². The molecule has 0 spiro atoms. The number of hydrogen-bond acceptors (Lipinski definition) is 4. The van der Waals surface area contributed by atoms with Gasteiger partial charge in [0.05, 0.1) is 0 Å². The smallest absolute Gasteiger partial charge is 0.221 e. The van der Waals surface area contributed by atoms with Crippen molar-refractivity contribution in [3.8, 4) is 0 Å². The van der Waals surface area contributed by atoms with Crippen molar-refractivity contribution in [2.75, 3.05) is 19.3 Å². The van der Waals surface area contributed by atoms with Crippen molar-refractivity contribution in [3.63, 3.8) is 0 Å². The minimum atomic E-state index is -0.105. The average Bonchev–Trinajstić information content (AvgIpc) is 2.23. The minimum Gasteiger partial charge on any atom is -0.359 e. The van der Waals surface area contributed by atoms with Crippen molar-refractivity contribution < 1.29 is 9.59 Å². The maximum atomic E-state index is 11.4. The predicted octanol–water partition coefficient (Wildman–Crippen LogP) is 1.81. The first-order chi connectivity index (χ1) is 7.91. The van der Waals surface area contributed by atoms with Crippen LogP contribution in [0, 0.1) is 0 Å². The number of amides is 2. The molecule has 0 unspecified atom stereocenters. The lowest BCUT2D eigenvalue weighted by atomic mass is 10.1. The van der Waals surface area contributed by atoms with Crippen LogP contribution >= 0.6 is 21.6 Å². The third-order valence-electron chi connectivity index (χ3n) is 1.94. The quantitative estimate of drug-likeness (QED) is 0.525. The second-order valence-electron chi connectivity index (χ2n) is 4.22. The van der Waals surface area contributed by atoms with Crippen LogP contribution in [0.3, 0.4) is 0 Å². The lowest BCUT2D eigenvalue weighted by Crippen LogP contribution is -2.29. The van der Waals surface area contributed by atoms with Gasteiger partial charge in [-0.1, -0.05) is 21.6 Å². The van der Waals surface area contributed by atoms with Crippen LogP contribution < -0.4 is 10.6 Å². The number of rotatable bonds is 8. The number of nitrogens with one attached hydrogen (secondary N) is 2. The molecule has 2 amide bonds. The molecule has 0 bridgehead atoms. The van der Waals surface area contributed by atoms with Gasteiger partial charge in [-0.3, -0.25) is 9.59 Å². The molecule has 0 aromatic heterocycles. The molecule has 2 N–H and O–H groups in total. The summed E-state index contributed by atoms with van der Waals surface area (Å²) in [6.07, 6.45) is 1.02. The zero-order valence-electron chi connectivity index (χ0n) is 11.0. The van der Waals surface area contributed by atoms with Crippen LogP contribution in [0.15, 0.2) is 0 Å². The van der Waals surface area contributed by atoms with Gasteiger partial charge in [0, 0.05) is 36.9 Å². The van der Waals surface area contributed by atoms with Crippen LogP contribution in [0.2, 0.25) is 0 Å². The van der Waals surface area contributed by atoms with Gasteiger partial charge in [0.25, 0.3) is 0 Å². The lowest BCUT2D eigenvalue weighted by molar-refractivity contribution is -0.121. The highest BCUT2D eigenvalue weighted by Gasteiger charge is 2.22. The van der Waals surface area contributed by atoms with Crippen molar-refractivity contribution in [2.45, 2.75) is 38.4 Å². The van der Waals surface area contributed by atoms with Crippen molar-refractivity contribution in [1.29, 1.82) is 0 Å². The minimum absolute atomic E-state index is 0.0552. The van der Waals surface area contributed by atoms with Crippen LogP contribution in [-0.4, -0.2) is 35.9 Å². The Hall–Kier alpha value is -0.360. The van der Waals surface area contributed by atoms with E-state index in [1.54, 1.807) is 28.6 Å². The number of carbonyl (C=O) groups excluding carboxylic acids is 2. The monoisotopic (exact) mass is 278 g/mol. The van der Waals surface area contributed by atoms with E-state index in [2.05, 4.69) is 10.6 Å². The zero-order valence-corrected chi connectivity index (χ0v) is 12.6. The fraction of sp³-hybridized carbons (Fsp3) is 0.818. The second kappa shape index (κ2) is 8.69. The van der Waals surface area contributed by atoms with Gasteiger partial charge in [0.1, 0.15) is 0 Å². The Morgan fingerprint density at radius 1 is 1.24 bits per heavy atom. The van der Waals surface area contributed by atoms with Gasteiger partial charge in [-0.05, 0) is 20.8 Å². The summed E-state index contributed by atoms with van der Waals surface area (Å²) in [6, 6.07) is 0. The van der Waals surface area contributed by atoms with E-state index in [0.29, 0.717) is 19.4 Å². The Morgan fingerprint density at radius 3 is 2.41 bits per heavy atom. The molecule has 0 heterocycles. The summed E-state index contributed by atoms with van der Waals surface area (Å²) in [7, 11) is 4.94. The first kappa shape index (κ1) is 16.6. The molecular weight excluding hydrogens is 256 g/mol. The standard InChI is InChI=1S/C11H22N2O2S2/c1-5-13-10(15)8-11(2,3)17-16-7-6-9(14)12-4/h5-8H2,1-4H3,(H,12,14)(H,13,15). The molecule has 17 heavy (non-hydrogen) atoms. The van der Waals surface area contributed by atoms with Crippen molar-refractivity contribution >= 4 is 33.4 Å². The fourth-order valence-electron chi connectivity index (χ4n) is 1.14. The third kappa shape index (κ3) is 9.35. The molecule has 0 aromatic rings. The topological polar surface area (TPSA) is 58.2 Å². The predicted molar refractivity (Wildman–Crippen MR) is 76.1 cm³/mol. The SMILES string of the molecule is CCNC(=O)CC(C)(C)SSCCC(=O)NC. The second-order valence-corrected chi connectivity index (χ2v) is 7.34. The van der Waals surface area contributed by atoms with Crippen LogP contribution in [0.4, 0.5) is 0 Å². The molecule has 0 aromatic carbocycles. The van der Waals surface area contributed by atoms with E-state index in [1.165, 1.54) is 0 Å². The molecule has 0 atom stereocenters. The Kier molecular flexibility index (Phi) is 8.51. The van der Waals surface area contributed by atoms with Crippen LogP contribution in [0.25, 0.3) is 0 Å². The van der Waals surface area contributed by atoms with E-state index in [9.17, 15) is 9.59 Å². The largest absolute Gasteiger partial charge is 0.359 e. The number of hydrogen-bond donors (Lipinski definition) is 2. The molecule has 0 radical (unpaired) electrons. The molecule has 0 rings (SSSR count). The molecular formula is C11H22N2O2S2. The van der Waals surface area contributed by atoms with Crippen molar-refractivity contribution in [2.24, 2.45) is 0 Å². The van der Waals surface area contributed by atoms with E-state index in [1.807, 2.05) is 20.8 Å². The van der Waals surface area contributed by atoms with Gasteiger partial charge in [-0.25, -0.2) is 0 Å². The zero-order chi connectivity index (χ0) is 13.3. The summed E-state index contributed by atoms with van der Waals surface area (Å²) in [5, 5.41) is 5.38. The fourth-order valence-corrected chi connectivity index (χ4v) is 3.63. The molecule has 0 aliphatic heterocycles. The number of carbonyl (C=O) groups is 2. The van der Waals surface area contributed by atoms with Crippen LogP contribution in [0.1, 0.15) is 33.6 Å². The maximum absolute atomic E-state index is 11.4. The molecule has 100 valence electrons. The Balaban J connectivity index is 3.77. The summed E-state index contributed by atoms with van der Waals surface area (Å²) < 4.78 is -0.105. The Morgan fingerprint density at radius 2 is 1.88 bits per heavy atom. The summed E-state index contributed by atoms with van der Waals surface area (Å²) in [4.78, 5) is 22.4. The molecule has 6 heteroatoms. The van der Waals surface area contributed by atoms with Crippen LogP contribution in [-0.2, 0) is 9.59 Å². The highest BCUT2D eigenvalue weighted by atomic mass is 33.1. The Bertz CT molecular complexity index is 258. The van der Waals surface area contributed by atoms with E-state index in [0.717, 1.165) is 5.75 Å². The van der Waals surface area contributed by atoms with Gasteiger partial charge in [0.15, 0.2) is 0 Å². The van der Waals surface area contributed by atoms with Gasteiger partial charge >= 0.3 is 0 Å². The first-order valence-electron chi connectivity index (χ1n) is 5.69. The Labute approximate surface area is 111 Å². The molecule has 4 nitrogen and oxygen atoms in total. The average molecular weight is 278 g/mol. The van der Waals surface area contributed by atoms with E-state index >= 15 is 0 Å². The summed E-state index contributed by atoms with van der Waals surface area (Å²) in [5.74, 6) is 0.903. The van der Waals surface area contributed by atoms with Crippen molar-refractivity contribution in [3.05, 3.63) is 0 Å².